The highest BCUT2D eigenvalue weighted by Crippen LogP contribution is 2.27. The first-order valence-electron chi connectivity index (χ1n) is 10.00. The number of likely N-dealkylation sites (tertiary alicyclic amines) is 1. The summed E-state index contributed by atoms with van der Waals surface area (Å²) in [5.41, 5.74) is 2.45. The first-order valence-corrected chi connectivity index (χ1v) is 10.00. The maximum absolute atomic E-state index is 5.44. The molecule has 27 heavy (non-hydrogen) atoms. The van der Waals surface area contributed by atoms with Gasteiger partial charge in [0.05, 0.1) is 25.5 Å². The van der Waals surface area contributed by atoms with Crippen LogP contribution in [0.2, 0.25) is 0 Å². The number of piperidine rings is 1. The van der Waals surface area contributed by atoms with Crippen LogP contribution in [0.15, 0.2) is 6.20 Å². The molecule has 4 heterocycles. The molecule has 2 aliphatic heterocycles. The van der Waals surface area contributed by atoms with Crippen molar-refractivity contribution in [2.75, 3.05) is 39.4 Å². The number of ether oxygens (including phenoxy) is 1. The van der Waals surface area contributed by atoms with Crippen molar-refractivity contribution in [3.8, 4) is 0 Å². The van der Waals surface area contributed by atoms with Crippen LogP contribution in [0.1, 0.15) is 41.7 Å². The summed E-state index contributed by atoms with van der Waals surface area (Å²) >= 11 is 0. The van der Waals surface area contributed by atoms with Gasteiger partial charge in [-0.15, -0.1) is 10.2 Å². The van der Waals surface area contributed by atoms with Gasteiger partial charge in [-0.25, -0.2) is 0 Å². The minimum Gasteiger partial charge on any atom is -0.379 e. The minimum absolute atomic E-state index is 0.451. The Bertz CT molecular complexity index is 762. The van der Waals surface area contributed by atoms with Gasteiger partial charge in [-0.3, -0.25) is 14.5 Å². The Morgan fingerprint density at radius 1 is 1.07 bits per heavy atom. The second-order valence-electron chi connectivity index (χ2n) is 7.91. The van der Waals surface area contributed by atoms with Gasteiger partial charge in [-0.1, -0.05) is 0 Å². The third kappa shape index (κ3) is 4.23. The van der Waals surface area contributed by atoms with Crippen molar-refractivity contribution in [1.29, 1.82) is 0 Å². The molecule has 2 fully saturated rings. The Labute approximate surface area is 161 Å². The predicted molar refractivity (Wildman–Crippen MR) is 102 cm³/mol. The molecule has 8 nitrogen and oxygen atoms in total. The molecule has 2 saturated heterocycles. The van der Waals surface area contributed by atoms with Gasteiger partial charge in [0, 0.05) is 58.0 Å². The van der Waals surface area contributed by atoms with Crippen LogP contribution >= 0.6 is 0 Å². The average molecular weight is 374 g/mol. The van der Waals surface area contributed by atoms with E-state index in [1.807, 2.05) is 11.7 Å². The summed E-state index contributed by atoms with van der Waals surface area (Å²) < 4.78 is 9.57. The number of nitrogens with zero attached hydrogens (tertiary/aromatic N) is 7. The molecule has 8 heteroatoms. The molecule has 2 aliphatic rings. The molecule has 0 amide bonds. The molecule has 4 rings (SSSR count). The predicted octanol–water partition coefficient (Wildman–Crippen LogP) is 1.07. The van der Waals surface area contributed by atoms with Crippen LogP contribution in [-0.2, 0) is 31.9 Å². The lowest BCUT2D eigenvalue weighted by Gasteiger charge is -2.32. The van der Waals surface area contributed by atoms with Gasteiger partial charge in [-0.2, -0.15) is 5.10 Å². The molecule has 148 valence electrons. The summed E-state index contributed by atoms with van der Waals surface area (Å²) in [5.74, 6) is 2.64. The first-order chi connectivity index (χ1) is 13.1. The molecule has 0 radical (unpaired) electrons. The molecule has 2 aromatic heterocycles. The van der Waals surface area contributed by atoms with E-state index in [-0.39, 0.29) is 0 Å². The Balaban J connectivity index is 1.41. The molecule has 1 atom stereocenters. The van der Waals surface area contributed by atoms with E-state index in [2.05, 4.69) is 49.8 Å². The lowest BCUT2D eigenvalue weighted by atomic mass is 9.96. The van der Waals surface area contributed by atoms with E-state index in [4.69, 9.17) is 4.74 Å². The highest BCUT2D eigenvalue weighted by Gasteiger charge is 2.27. The number of hydrogen-bond donors (Lipinski definition) is 0. The lowest BCUT2D eigenvalue weighted by molar-refractivity contribution is 0.0326. The van der Waals surface area contributed by atoms with Crippen molar-refractivity contribution in [1.82, 2.24) is 34.3 Å². The molecule has 0 aliphatic carbocycles. The SMILES string of the molecule is Cc1nn(C)cc1CN1CCC[C@@H](c2nnc(CN3CCOCC3)n2C)C1. The number of hydrogen-bond acceptors (Lipinski definition) is 6. The van der Waals surface area contributed by atoms with E-state index >= 15 is 0 Å². The van der Waals surface area contributed by atoms with Crippen molar-refractivity contribution in [2.45, 2.75) is 38.8 Å². The van der Waals surface area contributed by atoms with E-state index in [1.165, 1.54) is 18.4 Å². The minimum atomic E-state index is 0.451. The topological polar surface area (TPSA) is 64.2 Å². The normalized spacial score (nSPS) is 22.4. The van der Waals surface area contributed by atoms with Crippen molar-refractivity contribution in [2.24, 2.45) is 14.1 Å². The van der Waals surface area contributed by atoms with E-state index in [0.29, 0.717) is 5.92 Å². The summed E-state index contributed by atoms with van der Waals surface area (Å²) in [4.78, 5) is 4.93. The van der Waals surface area contributed by atoms with E-state index < -0.39 is 0 Å². The maximum Gasteiger partial charge on any atom is 0.146 e. The lowest BCUT2D eigenvalue weighted by Crippen LogP contribution is -2.36. The Kier molecular flexibility index (Phi) is 5.56. The zero-order chi connectivity index (χ0) is 18.8. The number of rotatable bonds is 5. The largest absolute Gasteiger partial charge is 0.379 e. The molecule has 0 spiro atoms. The molecule has 2 aromatic rings. The van der Waals surface area contributed by atoms with Crippen LogP contribution in [0.3, 0.4) is 0 Å². The molecular formula is C19H31N7O. The number of morpholine rings is 1. The number of aromatic nitrogens is 5. The zero-order valence-corrected chi connectivity index (χ0v) is 16.8. The highest BCUT2D eigenvalue weighted by molar-refractivity contribution is 5.15. The van der Waals surface area contributed by atoms with Crippen molar-refractivity contribution >= 4 is 0 Å². The maximum atomic E-state index is 5.44. The fourth-order valence-electron chi connectivity index (χ4n) is 4.28. The second-order valence-corrected chi connectivity index (χ2v) is 7.91. The van der Waals surface area contributed by atoms with Crippen LogP contribution < -0.4 is 0 Å². The van der Waals surface area contributed by atoms with Crippen molar-refractivity contribution in [3.05, 3.63) is 29.1 Å². The van der Waals surface area contributed by atoms with Crippen LogP contribution in [0, 0.1) is 6.92 Å². The third-order valence-corrected chi connectivity index (χ3v) is 5.85. The van der Waals surface area contributed by atoms with Gasteiger partial charge < -0.3 is 9.30 Å². The van der Waals surface area contributed by atoms with Gasteiger partial charge >= 0.3 is 0 Å². The standard InChI is InChI=1S/C19H31N7O/c1-15-17(11-23(2)22-15)13-26-6-4-5-16(12-26)19-21-20-18(24(19)3)14-25-7-9-27-10-8-25/h11,16H,4-10,12-14H2,1-3H3/t16-/m1/s1. The molecule has 0 saturated carbocycles. The molecule has 0 unspecified atom stereocenters. The highest BCUT2D eigenvalue weighted by atomic mass is 16.5. The molecular weight excluding hydrogens is 342 g/mol. The van der Waals surface area contributed by atoms with E-state index in [0.717, 1.165) is 69.8 Å². The number of aryl methyl sites for hydroxylation is 2. The third-order valence-electron chi connectivity index (χ3n) is 5.85. The monoisotopic (exact) mass is 373 g/mol. The van der Waals surface area contributed by atoms with E-state index in [9.17, 15) is 0 Å². The summed E-state index contributed by atoms with van der Waals surface area (Å²) in [7, 11) is 4.11. The smallest absolute Gasteiger partial charge is 0.146 e. The van der Waals surface area contributed by atoms with Gasteiger partial charge in [0.1, 0.15) is 11.6 Å². The average Bonchev–Trinajstić information content (AvgIpc) is 3.18. The van der Waals surface area contributed by atoms with Crippen LogP contribution in [0.5, 0.6) is 0 Å². The van der Waals surface area contributed by atoms with Gasteiger partial charge in [-0.05, 0) is 26.3 Å². The quantitative estimate of drug-likeness (QED) is 0.781. The van der Waals surface area contributed by atoms with Crippen LogP contribution in [0.4, 0.5) is 0 Å². The van der Waals surface area contributed by atoms with Crippen LogP contribution in [-0.4, -0.2) is 73.7 Å². The summed E-state index contributed by atoms with van der Waals surface area (Å²) in [6.07, 6.45) is 4.53. The Morgan fingerprint density at radius 2 is 1.89 bits per heavy atom. The van der Waals surface area contributed by atoms with Gasteiger partial charge in [0.15, 0.2) is 0 Å². The van der Waals surface area contributed by atoms with Gasteiger partial charge in [0.2, 0.25) is 0 Å². The fraction of sp³-hybridized carbons (Fsp3) is 0.737. The Hall–Kier alpha value is -1.77. The summed E-state index contributed by atoms with van der Waals surface area (Å²) in [6.45, 7) is 9.69. The summed E-state index contributed by atoms with van der Waals surface area (Å²) in [5, 5.41) is 13.6. The van der Waals surface area contributed by atoms with Crippen molar-refractivity contribution in [3.63, 3.8) is 0 Å². The van der Waals surface area contributed by atoms with Gasteiger partial charge in [0.25, 0.3) is 0 Å². The zero-order valence-electron chi connectivity index (χ0n) is 16.8. The molecule has 0 aromatic carbocycles. The van der Waals surface area contributed by atoms with E-state index in [1.54, 1.807) is 0 Å². The molecule has 0 bridgehead atoms. The van der Waals surface area contributed by atoms with Crippen molar-refractivity contribution < 1.29 is 4.74 Å². The summed E-state index contributed by atoms with van der Waals surface area (Å²) in [6, 6.07) is 0. The molecule has 0 N–H and O–H groups in total. The second kappa shape index (κ2) is 8.08. The first kappa shape index (κ1) is 18.6. The van der Waals surface area contributed by atoms with Crippen LogP contribution in [0.25, 0.3) is 0 Å². The Morgan fingerprint density at radius 3 is 2.63 bits per heavy atom. The fourth-order valence-corrected chi connectivity index (χ4v) is 4.28.